The van der Waals surface area contributed by atoms with Crippen molar-refractivity contribution < 1.29 is 4.79 Å². The van der Waals surface area contributed by atoms with E-state index in [1.54, 1.807) is 21.6 Å². The molecule has 0 aliphatic carbocycles. The molecule has 1 aliphatic heterocycles. The fraction of sp³-hybridized carbons (Fsp3) is 0.350. The van der Waals surface area contributed by atoms with Crippen LogP contribution in [0, 0.1) is 5.92 Å². The maximum atomic E-state index is 13.1. The summed E-state index contributed by atoms with van der Waals surface area (Å²) in [7, 11) is 3.56. The van der Waals surface area contributed by atoms with Crippen molar-refractivity contribution in [2.24, 2.45) is 5.92 Å². The van der Waals surface area contributed by atoms with Gasteiger partial charge in [-0.3, -0.25) is 4.79 Å². The molecule has 1 fully saturated rings. The third-order valence-electron chi connectivity index (χ3n) is 4.34. The normalized spacial score (nSPS) is 16.6. The van der Waals surface area contributed by atoms with Crippen LogP contribution in [0.1, 0.15) is 12.0 Å². The summed E-state index contributed by atoms with van der Waals surface area (Å²) in [6, 6.07) is 18.5. The van der Waals surface area contributed by atoms with Gasteiger partial charge < -0.3 is 10.2 Å². The number of amides is 1. The van der Waals surface area contributed by atoms with Crippen LogP contribution < -0.4 is 10.2 Å². The Kier molecular flexibility index (Phi) is 7.80. The zero-order valence-corrected chi connectivity index (χ0v) is 17.2. The largest absolute Gasteiger partial charge is 0.316 e. The van der Waals surface area contributed by atoms with Crippen LogP contribution in [-0.4, -0.2) is 30.5 Å². The van der Waals surface area contributed by atoms with Crippen molar-refractivity contribution in [1.29, 1.82) is 0 Å². The third kappa shape index (κ3) is 5.46. The molecule has 1 unspecified atom stereocenters. The molecule has 0 aromatic heterocycles. The molecule has 1 amide bonds. The lowest BCUT2D eigenvalue weighted by Crippen LogP contribution is -2.36. The van der Waals surface area contributed by atoms with E-state index in [4.69, 9.17) is 0 Å². The topological polar surface area (TPSA) is 32.3 Å². The Morgan fingerprint density at radius 2 is 1.92 bits per heavy atom. The Labute approximate surface area is 169 Å². The second-order valence-corrected chi connectivity index (χ2v) is 9.16. The van der Waals surface area contributed by atoms with Gasteiger partial charge in [0.1, 0.15) is 0 Å². The molecule has 0 radical (unpaired) electrons. The number of hydrogen-bond acceptors (Lipinski definition) is 5. The van der Waals surface area contributed by atoms with Gasteiger partial charge in [-0.1, -0.05) is 51.9 Å². The van der Waals surface area contributed by atoms with Crippen LogP contribution in [-0.2, 0) is 11.3 Å². The molecule has 6 heteroatoms. The van der Waals surface area contributed by atoms with E-state index in [2.05, 4.69) is 54.3 Å². The van der Waals surface area contributed by atoms with Gasteiger partial charge >= 0.3 is 0 Å². The van der Waals surface area contributed by atoms with E-state index in [1.807, 2.05) is 23.1 Å². The Balaban J connectivity index is 1.76. The van der Waals surface area contributed by atoms with Crippen LogP contribution in [0.2, 0.25) is 0 Å². The highest BCUT2D eigenvalue weighted by Gasteiger charge is 2.28. The first-order valence-electron chi connectivity index (χ1n) is 8.84. The summed E-state index contributed by atoms with van der Waals surface area (Å²) in [4.78, 5) is 16.3. The highest BCUT2D eigenvalue weighted by atomic mass is 33.1. The van der Waals surface area contributed by atoms with Crippen LogP contribution in [0.4, 0.5) is 5.69 Å². The maximum Gasteiger partial charge on any atom is 0.231 e. The second-order valence-electron chi connectivity index (χ2n) is 6.22. The van der Waals surface area contributed by atoms with Crippen LogP contribution >= 0.6 is 34.2 Å². The minimum Gasteiger partial charge on any atom is -0.316 e. The van der Waals surface area contributed by atoms with Crippen LogP contribution in [0.15, 0.2) is 59.5 Å². The highest BCUT2D eigenvalue weighted by Crippen LogP contribution is 2.32. The van der Waals surface area contributed by atoms with Crippen molar-refractivity contribution in [3.8, 4) is 0 Å². The molecule has 1 aliphatic rings. The van der Waals surface area contributed by atoms with Crippen LogP contribution in [0.3, 0.4) is 0 Å². The smallest absolute Gasteiger partial charge is 0.231 e. The van der Waals surface area contributed by atoms with Gasteiger partial charge in [0.15, 0.2) is 0 Å². The Hall–Kier alpha value is -1.08. The van der Waals surface area contributed by atoms with Gasteiger partial charge in [0.25, 0.3) is 0 Å². The zero-order chi connectivity index (χ0) is 18.2. The molecule has 0 bridgehead atoms. The van der Waals surface area contributed by atoms with Gasteiger partial charge in [-0.2, -0.15) is 12.6 Å². The minimum absolute atomic E-state index is 0.0682. The molecular weight excluding hydrogens is 380 g/mol. The molecule has 3 nitrogen and oxygen atoms in total. The van der Waals surface area contributed by atoms with E-state index >= 15 is 0 Å². The number of thiol groups is 1. The van der Waals surface area contributed by atoms with Gasteiger partial charge in [0.2, 0.25) is 5.91 Å². The number of carbonyl (C=O) groups is 1. The van der Waals surface area contributed by atoms with Crippen molar-refractivity contribution in [3.05, 3.63) is 60.2 Å². The predicted molar refractivity (Wildman–Crippen MR) is 117 cm³/mol. The summed E-state index contributed by atoms with van der Waals surface area (Å²) < 4.78 is 0. The summed E-state index contributed by atoms with van der Waals surface area (Å²) in [5.41, 5.74) is 2.11. The molecule has 1 saturated heterocycles. The van der Waals surface area contributed by atoms with Crippen LogP contribution in [0.5, 0.6) is 0 Å². The lowest BCUT2D eigenvalue weighted by molar-refractivity contribution is -0.122. The molecule has 1 atom stereocenters. The van der Waals surface area contributed by atoms with E-state index in [0.717, 1.165) is 42.3 Å². The van der Waals surface area contributed by atoms with E-state index < -0.39 is 0 Å². The minimum atomic E-state index is 0.0682. The molecule has 3 rings (SSSR count). The molecule has 1 N–H and O–H groups in total. The lowest BCUT2D eigenvalue weighted by Gasteiger charge is -2.26. The molecule has 1 heterocycles. The number of carbonyl (C=O) groups excluding carboxylic acids is 1. The van der Waals surface area contributed by atoms with Gasteiger partial charge in [-0.25, -0.2) is 0 Å². The quantitative estimate of drug-likeness (QED) is 0.385. The summed E-state index contributed by atoms with van der Waals surface area (Å²) in [6.07, 6.45) is 0.915. The van der Waals surface area contributed by atoms with E-state index in [0.29, 0.717) is 6.54 Å². The van der Waals surface area contributed by atoms with Gasteiger partial charge in [-0.05, 0) is 42.8 Å². The number of benzene rings is 2. The Morgan fingerprint density at radius 3 is 2.58 bits per heavy atom. The number of nitrogens with zero attached hydrogens (tertiary/aromatic N) is 1. The first-order valence-corrected chi connectivity index (χ1v) is 11.8. The Bertz CT molecular complexity index is 688. The average molecular weight is 405 g/mol. The number of rotatable bonds is 8. The number of hydrogen-bond donors (Lipinski definition) is 2. The van der Waals surface area contributed by atoms with Gasteiger partial charge in [-0.15, -0.1) is 0 Å². The van der Waals surface area contributed by atoms with E-state index in [1.165, 1.54) is 4.90 Å². The lowest BCUT2D eigenvalue weighted by atomic mass is 10.1. The summed E-state index contributed by atoms with van der Waals surface area (Å²) in [5, 5.41) is 3.30. The van der Waals surface area contributed by atoms with Gasteiger partial charge in [0, 0.05) is 28.6 Å². The highest BCUT2D eigenvalue weighted by molar-refractivity contribution is 8.76. The molecule has 0 spiro atoms. The van der Waals surface area contributed by atoms with Crippen molar-refractivity contribution in [2.45, 2.75) is 17.9 Å². The van der Waals surface area contributed by atoms with Gasteiger partial charge in [0.05, 0.1) is 12.5 Å². The summed E-state index contributed by atoms with van der Waals surface area (Å²) in [6.45, 7) is 2.31. The van der Waals surface area contributed by atoms with E-state index in [9.17, 15) is 4.79 Å². The first kappa shape index (κ1) is 19.7. The molecule has 26 heavy (non-hydrogen) atoms. The fourth-order valence-electron chi connectivity index (χ4n) is 2.98. The summed E-state index contributed by atoms with van der Waals surface area (Å²) >= 11 is 4.24. The van der Waals surface area contributed by atoms with E-state index in [-0.39, 0.29) is 11.8 Å². The maximum absolute atomic E-state index is 13.1. The monoisotopic (exact) mass is 404 g/mol. The molecule has 0 saturated carbocycles. The van der Waals surface area contributed by atoms with Crippen molar-refractivity contribution >= 4 is 45.8 Å². The molecule has 138 valence electrons. The standard InChI is InChI=1S/C20H24N2OS3/c23-20(17-10-11-21-14-17)22(15-16-4-2-1-3-5-16)18-6-8-19(9-7-18)26-25-13-12-24/h1-9,17,21,24H,10-15H2. The Morgan fingerprint density at radius 1 is 1.15 bits per heavy atom. The van der Waals surface area contributed by atoms with Crippen LogP contribution in [0.25, 0.3) is 0 Å². The zero-order valence-electron chi connectivity index (χ0n) is 14.6. The number of nitrogens with one attached hydrogen (secondary N) is 1. The van der Waals surface area contributed by atoms with Crippen molar-refractivity contribution in [2.75, 3.05) is 29.5 Å². The number of anilines is 1. The SMILES string of the molecule is O=C(C1CCNC1)N(Cc1ccccc1)c1ccc(SSCCS)cc1. The average Bonchev–Trinajstić information content (AvgIpc) is 3.22. The van der Waals surface area contributed by atoms with Crippen molar-refractivity contribution in [3.63, 3.8) is 0 Å². The van der Waals surface area contributed by atoms with Crippen molar-refractivity contribution in [1.82, 2.24) is 5.32 Å². The third-order valence-corrected chi connectivity index (χ3v) is 7.25. The molecule has 2 aromatic carbocycles. The molecular formula is C20H24N2OS3. The summed E-state index contributed by atoms with van der Waals surface area (Å²) in [5.74, 6) is 2.18. The second kappa shape index (κ2) is 10.3. The fourth-order valence-corrected chi connectivity index (χ4v) is 5.40. The predicted octanol–water partition coefficient (Wildman–Crippen LogP) is 4.50. The molecule has 2 aromatic rings. The first-order chi connectivity index (χ1) is 12.8.